The number of thioether (sulfide) groups is 1. The van der Waals surface area contributed by atoms with Crippen LogP contribution in [0.25, 0.3) is 15.9 Å². The first-order valence-electron chi connectivity index (χ1n) is 9.20. The maximum Gasteiger partial charge on any atom is 0.267 e. The topological polar surface area (TPSA) is 64.0 Å². The molecule has 4 rings (SSSR count). The van der Waals surface area contributed by atoms with Crippen molar-refractivity contribution in [2.45, 2.75) is 19.0 Å². The van der Waals surface area contributed by atoms with E-state index in [2.05, 4.69) is 5.32 Å². The first-order chi connectivity index (χ1) is 14.4. The summed E-state index contributed by atoms with van der Waals surface area (Å²) in [5, 5.41) is 3.79. The number of anilines is 1. The number of para-hydroxylation sites is 1. The van der Waals surface area contributed by atoms with Gasteiger partial charge in [0, 0.05) is 10.6 Å². The van der Waals surface area contributed by atoms with Gasteiger partial charge in [-0.05, 0) is 55.8 Å². The second kappa shape index (κ2) is 8.41. The molecule has 0 spiro atoms. The first-order valence-corrected chi connectivity index (χ1v) is 11.0. The molecule has 30 heavy (non-hydrogen) atoms. The summed E-state index contributed by atoms with van der Waals surface area (Å²) in [6.07, 6.45) is 0. The van der Waals surface area contributed by atoms with E-state index in [0.717, 1.165) is 10.4 Å². The van der Waals surface area contributed by atoms with Gasteiger partial charge in [-0.2, -0.15) is 0 Å². The van der Waals surface area contributed by atoms with Crippen LogP contribution in [-0.2, 0) is 4.79 Å². The number of carbonyl (C=O) groups is 1. The average Bonchev–Trinajstić information content (AvgIpc) is 3.02. The van der Waals surface area contributed by atoms with Gasteiger partial charge in [-0.15, -0.1) is 11.3 Å². The van der Waals surface area contributed by atoms with Crippen LogP contribution in [0.5, 0.6) is 0 Å². The second-order valence-electron chi connectivity index (χ2n) is 6.68. The number of hydrogen-bond acceptors (Lipinski definition) is 5. The average molecular weight is 440 g/mol. The van der Waals surface area contributed by atoms with Crippen molar-refractivity contribution >= 4 is 44.9 Å². The molecule has 0 unspecified atom stereocenters. The molecule has 1 N–H and O–H groups in total. The summed E-state index contributed by atoms with van der Waals surface area (Å²) < 4.78 is 14.6. The molecule has 0 saturated carbocycles. The Hall–Kier alpha value is -2.97. The van der Waals surface area contributed by atoms with Gasteiger partial charge in [0.2, 0.25) is 5.91 Å². The Kier molecular flexibility index (Phi) is 5.69. The van der Waals surface area contributed by atoms with E-state index in [0.29, 0.717) is 26.7 Å². The molecular formula is C22H18FN3O2S2. The molecule has 0 radical (unpaired) electrons. The number of aryl methyl sites for hydroxylation is 2. The van der Waals surface area contributed by atoms with E-state index in [-0.39, 0.29) is 23.0 Å². The lowest BCUT2D eigenvalue weighted by Crippen LogP contribution is -2.22. The summed E-state index contributed by atoms with van der Waals surface area (Å²) >= 11 is 2.66. The van der Waals surface area contributed by atoms with Gasteiger partial charge >= 0.3 is 0 Å². The summed E-state index contributed by atoms with van der Waals surface area (Å²) in [6.45, 7) is 3.90. The lowest BCUT2D eigenvalue weighted by molar-refractivity contribution is -0.113. The largest absolute Gasteiger partial charge is 0.325 e. The van der Waals surface area contributed by atoms with Crippen molar-refractivity contribution < 1.29 is 9.18 Å². The molecule has 1 amide bonds. The van der Waals surface area contributed by atoms with Gasteiger partial charge in [0.25, 0.3) is 5.56 Å². The summed E-state index contributed by atoms with van der Waals surface area (Å²) in [5.41, 5.74) is 1.99. The van der Waals surface area contributed by atoms with Crippen molar-refractivity contribution in [1.82, 2.24) is 9.55 Å². The van der Waals surface area contributed by atoms with Crippen molar-refractivity contribution in [2.24, 2.45) is 0 Å². The van der Waals surface area contributed by atoms with Gasteiger partial charge < -0.3 is 5.32 Å². The number of fused-ring (bicyclic) bond motifs is 1. The van der Waals surface area contributed by atoms with Crippen molar-refractivity contribution in [3.63, 3.8) is 0 Å². The number of carbonyl (C=O) groups excluding carboxylic acids is 1. The van der Waals surface area contributed by atoms with Gasteiger partial charge in [0.05, 0.1) is 16.8 Å². The van der Waals surface area contributed by atoms with Gasteiger partial charge in [0.1, 0.15) is 10.6 Å². The monoisotopic (exact) mass is 439 g/mol. The Morgan fingerprint density at radius 3 is 2.53 bits per heavy atom. The zero-order valence-corrected chi connectivity index (χ0v) is 17.9. The lowest BCUT2D eigenvalue weighted by Gasteiger charge is -2.12. The molecular weight excluding hydrogens is 421 g/mol. The minimum Gasteiger partial charge on any atom is -0.325 e. The predicted octanol–water partition coefficient (Wildman–Crippen LogP) is 4.93. The molecule has 2 heterocycles. The molecule has 2 aromatic carbocycles. The molecule has 0 aliphatic rings. The zero-order valence-electron chi connectivity index (χ0n) is 16.3. The van der Waals surface area contributed by atoms with Gasteiger partial charge in [-0.25, -0.2) is 9.37 Å². The van der Waals surface area contributed by atoms with Gasteiger partial charge in [-0.1, -0.05) is 30.0 Å². The Bertz CT molecular complexity index is 1280. The molecule has 2 aromatic heterocycles. The SMILES string of the molecule is Cc1sc2nc(SCC(=O)Nc3ccc(F)cc3)n(-c3ccccc3)c(=O)c2c1C. The number of halogens is 1. The number of aromatic nitrogens is 2. The Labute approximate surface area is 180 Å². The Morgan fingerprint density at radius 1 is 1.13 bits per heavy atom. The van der Waals surface area contributed by atoms with Crippen molar-refractivity contribution in [2.75, 3.05) is 11.1 Å². The number of benzene rings is 2. The van der Waals surface area contributed by atoms with Crippen molar-refractivity contribution in [3.8, 4) is 5.69 Å². The van der Waals surface area contributed by atoms with E-state index in [4.69, 9.17) is 4.98 Å². The Balaban J connectivity index is 1.68. The van der Waals surface area contributed by atoms with E-state index in [1.807, 2.05) is 44.2 Å². The standard InChI is InChI=1S/C22H18FN3O2S2/c1-13-14(2)30-20-19(13)21(28)26(17-6-4-3-5-7-17)22(25-20)29-12-18(27)24-16-10-8-15(23)9-11-16/h3-11H,12H2,1-2H3,(H,24,27). The zero-order chi connectivity index (χ0) is 21.3. The van der Waals surface area contributed by atoms with E-state index in [1.165, 1.54) is 47.4 Å². The molecule has 0 bridgehead atoms. The Morgan fingerprint density at radius 2 is 1.83 bits per heavy atom. The molecule has 5 nitrogen and oxygen atoms in total. The molecule has 8 heteroatoms. The van der Waals surface area contributed by atoms with Crippen LogP contribution in [0, 0.1) is 19.7 Å². The summed E-state index contributed by atoms with van der Waals surface area (Å²) in [6, 6.07) is 14.8. The highest BCUT2D eigenvalue weighted by atomic mass is 32.2. The fraction of sp³-hybridized carbons (Fsp3) is 0.136. The third kappa shape index (κ3) is 4.01. The van der Waals surface area contributed by atoms with Crippen molar-refractivity contribution in [1.29, 1.82) is 0 Å². The number of rotatable bonds is 5. The number of nitrogens with one attached hydrogen (secondary N) is 1. The van der Waals surface area contributed by atoms with Crippen LogP contribution in [0.3, 0.4) is 0 Å². The fourth-order valence-corrected chi connectivity index (χ4v) is 4.92. The van der Waals surface area contributed by atoms with E-state index < -0.39 is 0 Å². The molecule has 0 fully saturated rings. The quantitative estimate of drug-likeness (QED) is 0.354. The van der Waals surface area contributed by atoms with E-state index in [1.54, 1.807) is 4.57 Å². The van der Waals surface area contributed by atoms with Crippen LogP contribution in [0.15, 0.2) is 64.5 Å². The van der Waals surface area contributed by atoms with Gasteiger partial charge in [-0.3, -0.25) is 14.2 Å². The third-order valence-corrected chi connectivity index (χ3v) is 6.69. The highest BCUT2D eigenvalue weighted by molar-refractivity contribution is 7.99. The van der Waals surface area contributed by atoms with Crippen LogP contribution in [0.1, 0.15) is 10.4 Å². The van der Waals surface area contributed by atoms with Gasteiger partial charge in [0.15, 0.2) is 5.16 Å². The summed E-state index contributed by atoms with van der Waals surface area (Å²) in [7, 11) is 0. The van der Waals surface area contributed by atoms with Crippen LogP contribution in [0.4, 0.5) is 10.1 Å². The molecule has 152 valence electrons. The number of amides is 1. The smallest absolute Gasteiger partial charge is 0.267 e. The number of nitrogens with zero attached hydrogens (tertiary/aromatic N) is 2. The maximum atomic E-state index is 13.3. The molecule has 0 aliphatic carbocycles. The van der Waals surface area contributed by atoms with E-state index >= 15 is 0 Å². The third-order valence-electron chi connectivity index (χ3n) is 4.65. The second-order valence-corrected chi connectivity index (χ2v) is 8.82. The van der Waals surface area contributed by atoms with Crippen LogP contribution >= 0.6 is 23.1 Å². The van der Waals surface area contributed by atoms with Crippen LogP contribution < -0.4 is 10.9 Å². The highest BCUT2D eigenvalue weighted by Crippen LogP contribution is 2.29. The van der Waals surface area contributed by atoms with Crippen LogP contribution in [0.2, 0.25) is 0 Å². The van der Waals surface area contributed by atoms with E-state index in [9.17, 15) is 14.0 Å². The minimum absolute atomic E-state index is 0.0610. The van der Waals surface area contributed by atoms with Crippen molar-refractivity contribution in [3.05, 3.63) is 81.2 Å². The fourth-order valence-electron chi connectivity index (χ4n) is 3.04. The first kappa shape index (κ1) is 20.3. The molecule has 0 atom stereocenters. The van der Waals surface area contributed by atoms with Crippen LogP contribution in [-0.4, -0.2) is 21.2 Å². The minimum atomic E-state index is -0.367. The molecule has 4 aromatic rings. The molecule has 0 aliphatic heterocycles. The highest BCUT2D eigenvalue weighted by Gasteiger charge is 2.18. The number of thiophene rings is 1. The summed E-state index contributed by atoms with van der Waals surface area (Å²) in [5.74, 6) is -0.571. The predicted molar refractivity (Wildman–Crippen MR) is 120 cm³/mol. The number of hydrogen-bond donors (Lipinski definition) is 1. The molecule has 0 saturated heterocycles. The normalized spacial score (nSPS) is 11.0. The lowest BCUT2D eigenvalue weighted by atomic mass is 10.2. The summed E-state index contributed by atoms with van der Waals surface area (Å²) in [4.78, 5) is 32.1. The maximum absolute atomic E-state index is 13.3.